The van der Waals surface area contributed by atoms with Crippen molar-refractivity contribution >= 4 is 34.5 Å². The van der Waals surface area contributed by atoms with Gasteiger partial charge < -0.3 is 5.32 Å². The maximum absolute atomic E-state index is 13.7. The van der Waals surface area contributed by atoms with Crippen LogP contribution in [0.4, 0.5) is 13.2 Å². The Labute approximate surface area is 183 Å². The molecule has 0 bridgehead atoms. The summed E-state index contributed by atoms with van der Waals surface area (Å²) in [5.41, 5.74) is 0.528. The van der Waals surface area contributed by atoms with Gasteiger partial charge in [0.25, 0.3) is 5.91 Å². The summed E-state index contributed by atoms with van der Waals surface area (Å²) in [6.45, 7) is 4.69. The van der Waals surface area contributed by atoms with Gasteiger partial charge in [-0.05, 0) is 32.0 Å². The third kappa shape index (κ3) is 4.15. The molecule has 162 valence electrons. The molecule has 1 amide bonds. The van der Waals surface area contributed by atoms with Crippen LogP contribution in [0.25, 0.3) is 16.2 Å². The third-order valence-corrected chi connectivity index (χ3v) is 5.97. The number of carbonyl (C=O) groups is 1. The van der Waals surface area contributed by atoms with E-state index in [0.717, 1.165) is 28.7 Å². The molecule has 31 heavy (non-hydrogen) atoms. The number of amides is 1. The number of fused-ring (bicyclic) bond motifs is 1. The predicted molar refractivity (Wildman–Crippen MR) is 110 cm³/mol. The first-order valence-electron chi connectivity index (χ1n) is 9.20. The molecule has 0 aromatic carbocycles. The molecule has 0 aliphatic carbocycles. The van der Waals surface area contributed by atoms with Gasteiger partial charge in [0.1, 0.15) is 0 Å². The van der Waals surface area contributed by atoms with Crippen molar-refractivity contribution in [2.45, 2.75) is 33.1 Å². The maximum Gasteiger partial charge on any atom is 0.433 e. The van der Waals surface area contributed by atoms with Gasteiger partial charge in [-0.15, -0.1) is 11.3 Å². The van der Waals surface area contributed by atoms with Crippen molar-refractivity contribution in [2.75, 3.05) is 0 Å². The molecule has 4 heterocycles. The van der Waals surface area contributed by atoms with Crippen LogP contribution in [-0.4, -0.2) is 30.3 Å². The fourth-order valence-electron chi connectivity index (χ4n) is 3.11. The number of nitrogens with zero attached hydrogens (tertiary/aromatic N) is 5. The van der Waals surface area contributed by atoms with Crippen LogP contribution in [0, 0.1) is 6.92 Å². The molecule has 1 N–H and O–H groups in total. The van der Waals surface area contributed by atoms with Gasteiger partial charge in [-0.2, -0.15) is 23.4 Å². The number of hydrogen-bond acceptors (Lipinski definition) is 5. The molecule has 4 aromatic rings. The minimum atomic E-state index is -4.69. The zero-order valence-corrected chi connectivity index (χ0v) is 17.9. The highest BCUT2D eigenvalue weighted by Crippen LogP contribution is 2.35. The molecule has 4 rings (SSSR count). The fraction of sp³-hybridized carbons (Fsp3) is 0.263. The first-order valence-corrected chi connectivity index (χ1v) is 10.4. The van der Waals surface area contributed by atoms with Crippen molar-refractivity contribution in [3.05, 3.63) is 57.4 Å². The average molecular weight is 469 g/mol. The van der Waals surface area contributed by atoms with Gasteiger partial charge in [0, 0.05) is 30.4 Å². The molecule has 7 nitrogen and oxygen atoms in total. The summed E-state index contributed by atoms with van der Waals surface area (Å²) in [6, 6.07) is 5.30. The minimum Gasteiger partial charge on any atom is -0.346 e. The summed E-state index contributed by atoms with van der Waals surface area (Å²) in [4.78, 5) is 17.3. The highest BCUT2D eigenvalue weighted by molar-refractivity contribution is 7.19. The van der Waals surface area contributed by atoms with E-state index in [1.165, 1.54) is 6.07 Å². The molecule has 0 spiro atoms. The Kier molecular flexibility index (Phi) is 5.48. The van der Waals surface area contributed by atoms with Crippen LogP contribution in [0.3, 0.4) is 0 Å². The van der Waals surface area contributed by atoms with Crippen molar-refractivity contribution < 1.29 is 18.0 Å². The zero-order chi connectivity index (χ0) is 22.3. The largest absolute Gasteiger partial charge is 0.433 e. The smallest absolute Gasteiger partial charge is 0.346 e. The van der Waals surface area contributed by atoms with E-state index in [-0.39, 0.29) is 23.6 Å². The molecular weight excluding hydrogens is 453 g/mol. The summed E-state index contributed by atoms with van der Waals surface area (Å²) >= 11 is 7.01. The highest BCUT2D eigenvalue weighted by Gasteiger charge is 2.35. The summed E-state index contributed by atoms with van der Waals surface area (Å²) in [7, 11) is 0. The minimum absolute atomic E-state index is 0.0884. The zero-order valence-electron chi connectivity index (χ0n) is 16.4. The normalized spacial score (nSPS) is 11.9. The SMILES string of the molecule is CCn1ncc(CNC(=O)c2cc3nc(-c4ccc(Cl)s4)cc(C(F)(F)F)n3n2)c1C. The van der Waals surface area contributed by atoms with E-state index < -0.39 is 17.8 Å². The molecule has 0 saturated carbocycles. The topological polar surface area (TPSA) is 77.1 Å². The van der Waals surface area contributed by atoms with Crippen molar-refractivity contribution in [1.82, 2.24) is 29.7 Å². The molecule has 0 aliphatic rings. The Bertz CT molecular complexity index is 1280. The van der Waals surface area contributed by atoms with Crippen molar-refractivity contribution in [3.63, 3.8) is 0 Å². The Morgan fingerprint density at radius 1 is 1.29 bits per heavy atom. The lowest BCUT2D eigenvalue weighted by Crippen LogP contribution is -2.23. The van der Waals surface area contributed by atoms with E-state index in [0.29, 0.717) is 20.3 Å². The molecule has 0 unspecified atom stereocenters. The molecule has 0 fully saturated rings. The van der Waals surface area contributed by atoms with Gasteiger partial charge in [0.05, 0.1) is 21.1 Å². The van der Waals surface area contributed by atoms with E-state index >= 15 is 0 Å². The number of carbonyl (C=O) groups excluding carboxylic acids is 1. The van der Waals surface area contributed by atoms with Gasteiger partial charge in [-0.1, -0.05) is 11.6 Å². The Hall–Kier alpha value is -2.92. The fourth-order valence-corrected chi connectivity index (χ4v) is 4.11. The quantitative estimate of drug-likeness (QED) is 0.465. The standard InChI is InChI=1S/C19H16ClF3N6OS/c1-3-28-10(2)11(9-25-28)8-24-18(30)13-7-17-26-12(14-4-5-16(20)31-14)6-15(19(21,22)23)29(17)27-13/h4-7,9H,3,8H2,1-2H3,(H,24,30). The van der Waals surface area contributed by atoms with Crippen molar-refractivity contribution in [1.29, 1.82) is 0 Å². The van der Waals surface area contributed by atoms with Crippen LogP contribution < -0.4 is 5.32 Å². The predicted octanol–water partition coefficient (Wildman–Crippen LogP) is 4.58. The molecule has 0 aliphatic heterocycles. The molecule has 0 atom stereocenters. The van der Waals surface area contributed by atoms with Crippen LogP contribution in [0.5, 0.6) is 0 Å². The Morgan fingerprint density at radius 2 is 2.06 bits per heavy atom. The number of thiophene rings is 1. The number of alkyl halides is 3. The van der Waals surface area contributed by atoms with E-state index in [2.05, 4.69) is 20.5 Å². The van der Waals surface area contributed by atoms with Crippen LogP contribution in [-0.2, 0) is 19.3 Å². The second-order valence-corrected chi connectivity index (χ2v) is 8.40. The number of halogens is 4. The summed E-state index contributed by atoms with van der Waals surface area (Å²) in [6.07, 6.45) is -3.05. The number of rotatable bonds is 5. The lowest BCUT2D eigenvalue weighted by molar-refractivity contribution is -0.142. The van der Waals surface area contributed by atoms with E-state index in [4.69, 9.17) is 11.6 Å². The van der Waals surface area contributed by atoms with Gasteiger partial charge in [0.15, 0.2) is 17.0 Å². The molecule has 12 heteroatoms. The summed E-state index contributed by atoms with van der Waals surface area (Å²) < 4.78 is 43.8. The lowest BCUT2D eigenvalue weighted by atomic mass is 10.2. The van der Waals surface area contributed by atoms with Crippen LogP contribution >= 0.6 is 22.9 Å². The second kappa shape index (κ2) is 7.97. The lowest BCUT2D eigenvalue weighted by Gasteiger charge is -2.10. The van der Waals surface area contributed by atoms with Gasteiger partial charge in [-0.3, -0.25) is 9.48 Å². The Balaban J connectivity index is 1.67. The van der Waals surface area contributed by atoms with Crippen LogP contribution in [0.2, 0.25) is 4.34 Å². The van der Waals surface area contributed by atoms with Crippen LogP contribution in [0.15, 0.2) is 30.5 Å². The first-order chi connectivity index (χ1) is 14.7. The number of aromatic nitrogens is 5. The second-order valence-electron chi connectivity index (χ2n) is 6.68. The number of hydrogen-bond donors (Lipinski definition) is 1. The van der Waals surface area contributed by atoms with E-state index in [9.17, 15) is 18.0 Å². The number of nitrogens with one attached hydrogen (secondary N) is 1. The van der Waals surface area contributed by atoms with Gasteiger partial charge in [-0.25, -0.2) is 9.50 Å². The maximum atomic E-state index is 13.7. The molecular formula is C19H16ClF3N6OS. The molecule has 0 radical (unpaired) electrons. The monoisotopic (exact) mass is 468 g/mol. The highest BCUT2D eigenvalue weighted by atomic mass is 35.5. The summed E-state index contributed by atoms with van der Waals surface area (Å²) in [5, 5.41) is 10.7. The van der Waals surface area contributed by atoms with Gasteiger partial charge in [0.2, 0.25) is 0 Å². The summed E-state index contributed by atoms with van der Waals surface area (Å²) in [5.74, 6) is -0.608. The van der Waals surface area contributed by atoms with E-state index in [1.807, 2.05) is 13.8 Å². The van der Waals surface area contributed by atoms with Gasteiger partial charge >= 0.3 is 6.18 Å². The first kappa shape index (κ1) is 21.3. The van der Waals surface area contributed by atoms with Crippen LogP contribution in [0.1, 0.15) is 34.4 Å². The van der Waals surface area contributed by atoms with E-state index in [1.54, 1.807) is 23.0 Å². The van der Waals surface area contributed by atoms with Crippen molar-refractivity contribution in [2.24, 2.45) is 0 Å². The van der Waals surface area contributed by atoms with Crippen molar-refractivity contribution in [3.8, 4) is 10.6 Å². The number of aryl methyl sites for hydroxylation is 1. The Morgan fingerprint density at radius 3 is 2.68 bits per heavy atom. The average Bonchev–Trinajstić information content (AvgIpc) is 3.42. The molecule has 4 aromatic heterocycles. The third-order valence-electron chi connectivity index (χ3n) is 4.72. The molecule has 0 saturated heterocycles.